The minimum absolute atomic E-state index is 0.288. The Hall–Kier alpha value is -3.28. The summed E-state index contributed by atoms with van der Waals surface area (Å²) in [5.74, 6) is 0.511. The molecular formula is C20H22N2O4. The Morgan fingerprint density at radius 2 is 1.65 bits per heavy atom. The van der Waals surface area contributed by atoms with Gasteiger partial charge in [0.25, 0.3) is 0 Å². The summed E-state index contributed by atoms with van der Waals surface area (Å²) in [5.41, 5.74) is 6.96. The molecule has 2 aromatic carbocycles. The lowest BCUT2D eigenvalue weighted by Crippen LogP contribution is -2.11. The van der Waals surface area contributed by atoms with Gasteiger partial charge < -0.3 is 20.5 Å². The van der Waals surface area contributed by atoms with Gasteiger partial charge in [-0.3, -0.25) is 9.59 Å². The zero-order valence-electron chi connectivity index (χ0n) is 14.8. The van der Waals surface area contributed by atoms with Gasteiger partial charge in [0.2, 0.25) is 11.8 Å². The van der Waals surface area contributed by atoms with E-state index in [0.717, 1.165) is 5.56 Å². The molecule has 0 aliphatic carbocycles. The maximum atomic E-state index is 12.0. The topological polar surface area (TPSA) is 90.6 Å². The highest BCUT2D eigenvalue weighted by Gasteiger charge is 2.05. The van der Waals surface area contributed by atoms with Crippen molar-refractivity contribution in [1.29, 1.82) is 0 Å². The number of nitrogens with two attached hydrogens (primary N) is 1. The second-order valence-corrected chi connectivity index (χ2v) is 5.34. The van der Waals surface area contributed by atoms with E-state index >= 15 is 0 Å². The first-order valence-electron chi connectivity index (χ1n) is 8.32. The first-order chi connectivity index (χ1) is 12.5. The lowest BCUT2D eigenvalue weighted by molar-refractivity contribution is -0.111. The van der Waals surface area contributed by atoms with Crippen molar-refractivity contribution >= 4 is 23.6 Å². The van der Waals surface area contributed by atoms with Crippen molar-refractivity contribution in [2.24, 2.45) is 5.73 Å². The third-order valence-electron chi connectivity index (χ3n) is 3.43. The fourth-order valence-electron chi connectivity index (χ4n) is 2.25. The summed E-state index contributed by atoms with van der Waals surface area (Å²) in [4.78, 5) is 23.1. The van der Waals surface area contributed by atoms with Gasteiger partial charge in [0.05, 0.1) is 13.2 Å². The normalized spacial score (nSPS) is 10.5. The molecule has 26 heavy (non-hydrogen) atoms. The van der Waals surface area contributed by atoms with Crippen molar-refractivity contribution in [1.82, 2.24) is 0 Å². The van der Waals surface area contributed by atoms with Crippen LogP contribution in [0.3, 0.4) is 0 Å². The van der Waals surface area contributed by atoms with E-state index in [1.165, 1.54) is 6.08 Å². The maximum Gasteiger partial charge on any atom is 0.248 e. The number of anilines is 1. The molecule has 0 heterocycles. The summed E-state index contributed by atoms with van der Waals surface area (Å²) in [7, 11) is 0. The minimum atomic E-state index is -0.511. The molecule has 0 atom stereocenters. The van der Waals surface area contributed by atoms with Gasteiger partial charge in [0.1, 0.15) is 0 Å². The summed E-state index contributed by atoms with van der Waals surface area (Å²) in [5, 5.41) is 2.72. The van der Waals surface area contributed by atoms with Gasteiger partial charge >= 0.3 is 0 Å². The molecule has 0 saturated heterocycles. The molecule has 0 unspecified atom stereocenters. The zero-order valence-corrected chi connectivity index (χ0v) is 14.8. The van der Waals surface area contributed by atoms with E-state index < -0.39 is 5.91 Å². The molecule has 0 aliphatic heterocycles. The highest BCUT2D eigenvalue weighted by atomic mass is 16.5. The average Bonchev–Trinajstić information content (AvgIpc) is 2.62. The molecule has 136 valence electrons. The van der Waals surface area contributed by atoms with Crippen LogP contribution < -0.4 is 20.5 Å². The van der Waals surface area contributed by atoms with E-state index in [0.29, 0.717) is 36.0 Å². The van der Waals surface area contributed by atoms with Crippen LogP contribution in [0.4, 0.5) is 5.69 Å². The van der Waals surface area contributed by atoms with Crippen LogP contribution in [0.15, 0.2) is 48.5 Å². The average molecular weight is 354 g/mol. The van der Waals surface area contributed by atoms with Gasteiger partial charge in [0.15, 0.2) is 11.5 Å². The van der Waals surface area contributed by atoms with E-state index in [1.54, 1.807) is 30.3 Å². The summed E-state index contributed by atoms with van der Waals surface area (Å²) in [6, 6.07) is 11.8. The predicted molar refractivity (Wildman–Crippen MR) is 101 cm³/mol. The number of rotatable bonds is 8. The molecule has 0 fully saturated rings. The molecule has 6 heteroatoms. The van der Waals surface area contributed by atoms with E-state index in [-0.39, 0.29) is 5.91 Å². The van der Waals surface area contributed by atoms with Crippen LogP contribution in [0, 0.1) is 0 Å². The number of ether oxygens (including phenoxy) is 2. The Bertz CT molecular complexity index is 798. The first-order valence-corrected chi connectivity index (χ1v) is 8.32. The zero-order chi connectivity index (χ0) is 18.9. The molecule has 0 saturated carbocycles. The van der Waals surface area contributed by atoms with Crippen LogP contribution in [0.2, 0.25) is 0 Å². The van der Waals surface area contributed by atoms with Crippen molar-refractivity contribution in [2.45, 2.75) is 13.8 Å². The third kappa shape index (κ3) is 5.37. The third-order valence-corrected chi connectivity index (χ3v) is 3.43. The van der Waals surface area contributed by atoms with Gasteiger partial charge in [-0.25, -0.2) is 0 Å². The number of amides is 2. The number of nitrogens with one attached hydrogen (secondary N) is 1. The summed E-state index contributed by atoms with van der Waals surface area (Å²) in [6.07, 6.45) is 3.11. The van der Waals surface area contributed by atoms with Gasteiger partial charge in [-0.15, -0.1) is 0 Å². The second-order valence-electron chi connectivity index (χ2n) is 5.34. The Labute approximate surface area is 152 Å². The lowest BCUT2D eigenvalue weighted by atomic mass is 10.1. The van der Waals surface area contributed by atoms with Crippen LogP contribution >= 0.6 is 0 Å². The highest BCUT2D eigenvalue weighted by molar-refractivity contribution is 6.02. The van der Waals surface area contributed by atoms with E-state index in [2.05, 4.69) is 5.32 Å². The Kier molecular flexibility index (Phi) is 6.79. The summed E-state index contributed by atoms with van der Waals surface area (Å²) >= 11 is 0. The SMILES string of the molecule is CCOc1ccc(C=CC(=O)Nc2ccc(C(N)=O)cc2)cc1OCC. The van der Waals surface area contributed by atoms with Gasteiger partial charge in [0, 0.05) is 17.3 Å². The fourth-order valence-corrected chi connectivity index (χ4v) is 2.25. The minimum Gasteiger partial charge on any atom is -0.490 e. The van der Waals surface area contributed by atoms with Crippen molar-refractivity contribution in [3.05, 3.63) is 59.7 Å². The molecule has 6 nitrogen and oxygen atoms in total. The predicted octanol–water partition coefficient (Wildman–Crippen LogP) is 3.23. The second kappa shape index (κ2) is 9.27. The van der Waals surface area contributed by atoms with Crippen LogP contribution in [-0.4, -0.2) is 25.0 Å². The lowest BCUT2D eigenvalue weighted by Gasteiger charge is -2.11. The molecule has 2 aromatic rings. The highest BCUT2D eigenvalue weighted by Crippen LogP contribution is 2.29. The number of hydrogen-bond donors (Lipinski definition) is 2. The fraction of sp³-hybridized carbons (Fsp3) is 0.200. The van der Waals surface area contributed by atoms with E-state index in [4.69, 9.17) is 15.2 Å². The molecule has 3 N–H and O–H groups in total. The number of primary amides is 1. The Morgan fingerprint density at radius 1 is 1.00 bits per heavy atom. The molecule has 0 bridgehead atoms. The molecule has 0 aromatic heterocycles. The van der Waals surface area contributed by atoms with Crippen molar-refractivity contribution in [3.63, 3.8) is 0 Å². The summed E-state index contributed by atoms with van der Waals surface area (Å²) < 4.78 is 11.1. The van der Waals surface area contributed by atoms with Crippen molar-refractivity contribution in [3.8, 4) is 11.5 Å². The number of carbonyl (C=O) groups excluding carboxylic acids is 2. The Morgan fingerprint density at radius 3 is 2.27 bits per heavy atom. The summed E-state index contributed by atoms with van der Waals surface area (Å²) in [6.45, 7) is 4.88. The van der Waals surface area contributed by atoms with Crippen LogP contribution in [0.25, 0.3) is 6.08 Å². The monoisotopic (exact) mass is 354 g/mol. The van der Waals surface area contributed by atoms with Crippen molar-refractivity contribution < 1.29 is 19.1 Å². The van der Waals surface area contributed by atoms with Crippen molar-refractivity contribution in [2.75, 3.05) is 18.5 Å². The smallest absolute Gasteiger partial charge is 0.248 e. The Balaban J connectivity index is 2.04. The molecular weight excluding hydrogens is 332 g/mol. The molecule has 0 radical (unpaired) electrons. The van der Waals surface area contributed by atoms with Crippen LogP contribution in [0.5, 0.6) is 11.5 Å². The maximum absolute atomic E-state index is 12.0. The quantitative estimate of drug-likeness (QED) is 0.712. The van der Waals surface area contributed by atoms with Crippen LogP contribution in [-0.2, 0) is 4.79 Å². The molecule has 2 rings (SSSR count). The molecule has 0 spiro atoms. The largest absolute Gasteiger partial charge is 0.490 e. The van der Waals surface area contributed by atoms with Gasteiger partial charge in [-0.2, -0.15) is 0 Å². The number of hydrogen-bond acceptors (Lipinski definition) is 4. The van der Waals surface area contributed by atoms with Gasteiger partial charge in [-0.1, -0.05) is 6.07 Å². The van der Waals surface area contributed by atoms with E-state index in [1.807, 2.05) is 32.0 Å². The molecule has 2 amide bonds. The number of carbonyl (C=O) groups is 2. The van der Waals surface area contributed by atoms with Gasteiger partial charge in [-0.05, 0) is 61.9 Å². The van der Waals surface area contributed by atoms with E-state index in [9.17, 15) is 9.59 Å². The standard InChI is InChI=1S/C20H22N2O4/c1-3-25-17-11-5-14(13-18(17)26-4-2)6-12-19(23)22-16-9-7-15(8-10-16)20(21)24/h5-13H,3-4H2,1-2H3,(H2,21,24)(H,22,23). The van der Waals surface area contributed by atoms with Crippen LogP contribution in [0.1, 0.15) is 29.8 Å². The first kappa shape index (κ1) is 19.1. The molecule has 0 aliphatic rings. The number of benzene rings is 2.